The van der Waals surface area contributed by atoms with Gasteiger partial charge in [0, 0.05) is 23.4 Å². The molecular weight excluding hydrogens is 376 g/mol. The fourth-order valence-corrected chi connectivity index (χ4v) is 5.49. The standard InChI is InChI=1S/C22H19ClN2O3/c23-14-10-8-13(9-11-14)20(26)19-18-17(16-7-4-12-24(16)19)21(27)25(22(18)28)15-5-2-1-3-6-15/h1-3,5-6,8-11,16-19H,4,7,12H2/p+1/t16-,17+,18-,19-/m0/s1. The molecular formula is C22H20ClN2O3+. The summed E-state index contributed by atoms with van der Waals surface area (Å²) in [5, 5.41) is 0.564. The van der Waals surface area contributed by atoms with Crippen LogP contribution in [0.4, 0.5) is 5.69 Å². The number of quaternary nitrogens is 1. The third kappa shape index (κ3) is 2.46. The number of hydrogen-bond acceptors (Lipinski definition) is 3. The molecule has 5 rings (SSSR count). The highest BCUT2D eigenvalue weighted by Gasteiger charge is 2.68. The molecule has 6 heteroatoms. The maximum Gasteiger partial charge on any atom is 0.244 e. The minimum absolute atomic E-state index is 0.0383. The summed E-state index contributed by atoms with van der Waals surface area (Å²) in [4.78, 5) is 42.4. The van der Waals surface area contributed by atoms with Crippen molar-refractivity contribution in [1.82, 2.24) is 0 Å². The van der Waals surface area contributed by atoms with E-state index in [1.54, 1.807) is 36.4 Å². The van der Waals surface area contributed by atoms with Gasteiger partial charge in [-0.1, -0.05) is 29.8 Å². The first kappa shape index (κ1) is 17.6. The van der Waals surface area contributed by atoms with E-state index in [1.165, 1.54) is 4.90 Å². The van der Waals surface area contributed by atoms with Crippen molar-refractivity contribution in [2.75, 3.05) is 11.4 Å². The van der Waals surface area contributed by atoms with Gasteiger partial charge in [0.2, 0.25) is 17.6 Å². The van der Waals surface area contributed by atoms with E-state index in [0.717, 1.165) is 24.3 Å². The molecule has 2 aromatic carbocycles. The highest BCUT2D eigenvalue weighted by Crippen LogP contribution is 2.40. The molecule has 1 unspecified atom stereocenters. The molecule has 0 spiro atoms. The fourth-order valence-electron chi connectivity index (χ4n) is 5.37. The van der Waals surface area contributed by atoms with Crippen molar-refractivity contribution < 1.29 is 19.3 Å². The summed E-state index contributed by atoms with van der Waals surface area (Å²) in [5.41, 5.74) is 1.13. The van der Waals surface area contributed by atoms with Gasteiger partial charge in [0.1, 0.15) is 17.9 Å². The number of hydrogen-bond donors (Lipinski definition) is 1. The van der Waals surface area contributed by atoms with Crippen LogP contribution in [0.5, 0.6) is 0 Å². The Morgan fingerprint density at radius 1 is 0.964 bits per heavy atom. The second-order valence-corrected chi connectivity index (χ2v) is 8.26. The number of fused-ring (bicyclic) bond motifs is 3. The minimum atomic E-state index is -0.587. The number of nitrogens with zero attached hydrogens (tertiary/aromatic N) is 1. The molecule has 5 nitrogen and oxygen atoms in total. The van der Waals surface area contributed by atoms with E-state index >= 15 is 0 Å². The van der Waals surface area contributed by atoms with Gasteiger partial charge in [0.15, 0.2) is 6.04 Å². The number of Topliss-reactive ketones (excluding diaryl/α,β-unsaturated/α-hetero) is 1. The van der Waals surface area contributed by atoms with Crippen LogP contribution in [0.25, 0.3) is 0 Å². The van der Waals surface area contributed by atoms with Gasteiger partial charge in [0.25, 0.3) is 0 Å². The lowest BCUT2D eigenvalue weighted by Gasteiger charge is -2.25. The zero-order valence-electron chi connectivity index (χ0n) is 15.2. The van der Waals surface area contributed by atoms with Crippen LogP contribution in [0.3, 0.4) is 0 Å². The smallest absolute Gasteiger partial charge is 0.244 e. The third-order valence-corrected chi connectivity index (χ3v) is 6.72. The zero-order valence-corrected chi connectivity index (χ0v) is 15.9. The topological polar surface area (TPSA) is 58.9 Å². The summed E-state index contributed by atoms with van der Waals surface area (Å²) in [7, 11) is 0. The van der Waals surface area contributed by atoms with Crippen molar-refractivity contribution in [3.63, 3.8) is 0 Å². The molecule has 0 bridgehead atoms. The van der Waals surface area contributed by atoms with Crippen LogP contribution in [0.15, 0.2) is 54.6 Å². The molecule has 0 aromatic heterocycles. The van der Waals surface area contributed by atoms with Gasteiger partial charge in [-0.3, -0.25) is 14.4 Å². The van der Waals surface area contributed by atoms with Gasteiger partial charge in [-0.2, -0.15) is 0 Å². The van der Waals surface area contributed by atoms with Crippen LogP contribution in [0.1, 0.15) is 23.2 Å². The van der Waals surface area contributed by atoms with Crippen LogP contribution in [-0.2, 0) is 9.59 Å². The quantitative estimate of drug-likeness (QED) is 0.636. The molecule has 142 valence electrons. The van der Waals surface area contributed by atoms with E-state index in [2.05, 4.69) is 0 Å². The number of amides is 2. The number of para-hydroxylation sites is 1. The predicted molar refractivity (Wildman–Crippen MR) is 104 cm³/mol. The maximum absolute atomic E-state index is 13.4. The van der Waals surface area contributed by atoms with Crippen LogP contribution < -0.4 is 9.80 Å². The number of rotatable bonds is 3. The molecule has 3 aliphatic heterocycles. The van der Waals surface area contributed by atoms with E-state index in [9.17, 15) is 14.4 Å². The number of halogens is 1. The van der Waals surface area contributed by atoms with Crippen molar-refractivity contribution in [2.45, 2.75) is 24.9 Å². The SMILES string of the molecule is O=C(c1ccc(Cl)cc1)[C@@H]1[C@H]2C(=O)N(c3ccccc3)C(=O)[C@@H]2[C@@H]2CCC[NH+]12. The van der Waals surface area contributed by atoms with Crippen LogP contribution >= 0.6 is 11.6 Å². The molecule has 2 amide bonds. The number of anilines is 1. The summed E-state index contributed by atoms with van der Waals surface area (Å²) < 4.78 is 0. The summed E-state index contributed by atoms with van der Waals surface area (Å²) in [6.07, 6.45) is 1.85. The first-order valence-corrected chi connectivity index (χ1v) is 10.0. The van der Waals surface area contributed by atoms with Gasteiger partial charge in [-0.05, 0) is 36.4 Å². The molecule has 0 saturated carbocycles. The Morgan fingerprint density at radius 2 is 1.64 bits per heavy atom. The van der Waals surface area contributed by atoms with Crippen LogP contribution in [0.2, 0.25) is 5.02 Å². The number of benzene rings is 2. The third-order valence-electron chi connectivity index (χ3n) is 6.47. The largest absolute Gasteiger partial charge is 0.322 e. The molecule has 3 aliphatic rings. The molecule has 3 fully saturated rings. The Labute approximate surface area is 167 Å². The van der Waals surface area contributed by atoms with Gasteiger partial charge < -0.3 is 4.90 Å². The van der Waals surface area contributed by atoms with Crippen molar-refractivity contribution in [1.29, 1.82) is 0 Å². The first-order chi connectivity index (χ1) is 13.6. The van der Waals surface area contributed by atoms with Crippen molar-refractivity contribution in [2.24, 2.45) is 11.8 Å². The highest BCUT2D eigenvalue weighted by molar-refractivity contribution is 6.30. The lowest BCUT2D eigenvalue weighted by atomic mass is 9.85. The van der Waals surface area contributed by atoms with E-state index in [-0.39, 0.29) is 23.6 Å². The van der Waals surface area contributed by atoms with E-state index in [1.807, 2.05) is 18.2 Å². The van der Waals surface area contributed by atoms with E-state index < -0.39 is 17.9 Å². The number of nitrogens with one attached hydrogen (secondary N) is 1. The molecule has 5 atom stereocenters. The summed E-state index contributed by atoms with van der Waals surface area (Å²) in [6, 6.07) is 15.3. The fraction of sp³-hybridized carbons (Fsp3) is 0.318. The monoisotopic (exact) mass is 395 g/mol. The summed E-state index contributed by atoms with van der Waals surface area (Å²) in [6.45, 7) is 0.827. The van der Waals surface area contributed by atoms with Crippen LogP contribution in [0, 0.1) is 11.8 Å². The highest BCUT2D eigenvalue weighted by atomic mass is 35.5. The summed E-state index contributed by atoms with van der Waals surface area (Å²) >= 11 is 5.96. The normalized spacial score (nSPS) is 31.2. The van der Waals surface area contributed by atoms with Gasteiger partial charge >= 0.3 is 0 Å². The Hall–Kier alpha value is -2.50. The summed E-state index contributed by atoms with van der Waals surface area (Å²) in [5.74, 6) is -1.46. The van der Waals surface area contributed by atoms with Gasteiger partial charge in [-0.25, -0.2) is 4.90 Å². The average Bonchev–Trinajstić information content (AvgIpc) is 3.35. The maximum atomic E-state index is 13.4. The van der Waals surface area contributed by atoms with Crippen molar-refractivity contribution in [3.05, 3.63) is 65.2 Å². The first-order valence-electron chi connectivity index (χ1n) is 9.66. The molecule has 0 aliphatic carbocycles. The molecule has 28 heavy (non-hydrogen) atoms. The Bertz CT molecular complexity index is 960. The minimum Gasteiger partial charge on any atom is -0.322 e. The Kier molecular flexibility index (Phi) is 4.11. The number of carbonyl (C=O) groups excluding carboxylic acids is 3. The lowest BCUT2D eigenvalue weighted by molar-refractivity contribution is -0.915. The number of imide groups is 1. The molecule has 1 N–H and O–H groups in total. The van der Waals surface area contributed by atoms with E-state index in [0.29, 0.717) is 16.3 Å². The second-order valence-electron chi connectivity index (χ2n) is 7.82. The van der Waals surface area contributed by atoms with Crippen LogP contribution in [-0.4, -0.2) is 36.2 Å². The molecule has 3 heterocycles. The zero-order chi connectivity index (χ0) is 19.4. The van der Waals surface area contributed by atoms with E-state index in [4.69, 9.17) is 11.6 Å². The average molecular weight is 396 g/mol. The molecule has 2 aromatic rings. The van der Waals surface area contributed by atoms with Gasteiger partial charge in [-0.15, -0.1) is 0 Å². The van der Waals surface area contributed by atoms with Gasteiger partial charge in [0.05, 0.1) is 12.2 Å². The predicted octanol–water partition coefficient (Wildman–Crippen LogP) is 1.76. The molecule has 0 radical (unpaired) electrons. The molecule has 3 saturated heterocycles. The second kappa shape index (κ2) is 6.54. The lowest BCUT2D eigenvalue weighted by Crippen LogP contribution is -3.16. The Morgan fingerprint density at radius 3 is 2.36 bits per heavy atom. The number of ketones is 1. The number of carbonyl (C=O) groups is 3. The van der Waals surface area contributed by atoms with Crippen molar-refractivity contribution in [3.8, 4) is 0 Å². The Balaban J connectivity index is 1.55. The van der Waals surface area contributed by atoms with Crippen molar-refractivity contribution >= 4 is 34.9 Å².